The van der Waals surface area contributed by atoms with Crippen molar-refractivity contribution in [1.29, 1.82) is 0 Å². The predicted octanol–water partition coefficient (Wildman–Crippen LogP) is 2.79. The number of nitrogens with zero attached hydrogens (tertiary/aromatic N) is 5. The predicted molar refractivity (Wildman–Crippen MR) is 124 cm³/mol. The van der Waals surface area contributed by atoms with E-state index < -0.39 is 0 Å². The van der Waals surface area contributed by atoms with Crippen LogP contribution in [0.2, 0.25) is 0 Å². The molecule has 1 N–H and O–H groups in total. The maximum atomic E-state index is 4.97. The highest BCUT2D eigenvalue weighted by Crippen LogP contribution is 2.27. The zero-order chi connectivity index (χ0) is 20.8. The Balaban J connectivity index is 1.41. The molecule has 1 aromatic carbocycles. The molecule has 4 rings (SSSR count). The van der Waals surface area contributed by atoms with Gasteiger partial charge in [0, 0.05) is 57.9 Å². The molecule has 0 bridgehead atoms. The minimum atomic E-state index is 0.583. The Morgan fingerprint density at radius 2 is 1.90 bits per heavy atom. The van der Waals surface area contributed by atoms with Crippen LogP contribution in [0.3, 0.4) is 0 Å². The van der Waals surface area contributed by atoms with Crippen molar-refractivity contribution >= 4 is 11.8 Å². The minimum Gasteiger partial charge on any atom is -0.357 e. The Bertz CT molecular complexity index is 829. The number of hydrogen-bond acceptors (Lipinski definition) is 4. The molecule has 3 heterocycles. The van der Waals surface area contributed by atoms with Gasteiger partial charge in [-0.05, 0) is 43.7 Å². The molecular weight excluding hydrogens is 372 g/mol. The first-order valence-electron chi connectivity index (χ1n) is 11.2. The Kier molecular flexibility index (Phi) is 6.84. The van der Waals surface area contributed by atoms with E-state index in [1.54, 1.807) is 0 Å². The molecule has 0 spiro atoms. The number of aromatic nitrogens is 1. The summed E-state index contributed by atoms with van der Waals surface area (Å²) >= 11 is 0. The van der Waals surface area contributed by atoms with E-state index in [1.807, 2.05) is 6.20 Å². The van der Waals surface area contributed by atoms with Gasteiger partial charge in [-0.15, -0.1) is 0 Å². The average Bonchev–Trinajstić information content (AvgIpc) is 3.28. The number of likely N-dealkylation sites (N-methyl/N-ethyl adjacent to an activating group) is 1. The van der Waals surface area contributed by atoms with Crippen LogP contribution in [0.4, 0.5) is 5.82 Å². The first-order valence-corrected chi connectivity index (χ1v) is 11.2. The van der Waals surface area contributed by atoms with Crippen molar-refractivity contribution in [2.45, 2.75) is 25.8 Å². The fraction of sp³-hybridized carbons (Fsp3) is 0.500. The number of aliphatic imine (C=N–C) groups is 1. The number of anilines is 1. The highest BCUT2D eigenvalue weighted by Gasteiger charge is 2.26. The smallest absolute Gasteiger partial charge is 0.194 e. The summed E-state index contributed by atoms with van der Waals surface area (Å²) in [4.78, 5) is 16.7. The first kappa shape index (κ1) is 20.7. The quantitative estimate of drug-likeness (QED) is 0.611. The van der Waals surface area contributed by atoms with Crippen molar-refractivity contribution in [2.24, 2.45) is 4.99 Å². The molecule has 6 heteroatoms. The molecule has 2 saturated heterocycles. The Morgan fingerprint density at radius 3 is 2.67 bits per heavy atom. The van der Waals surface area contributed by atoms with E-state index in [2.05, 4.69) is 81.4 Å². The summed E-state index contributed by atoms with van der Waals surface area (Å²) in [6, 6.07) is 15.1. The molecule has 2 aliphatic heterocycles. The average molecular weight is 407 g/mol. The normalized spacial score (nSPS) is 20.6. The van der Waals surface area contributed by atoms with Crippen LogP contribution in [0.5, 0.6) is 0 Å². The third-order valence-electron chi connectivity index (χ3n) is 6.14. The number of piperazine rings is 1. The second kappa shape index (κ2) is 9.94. The fourth-order valence-corrected chi connectivity index (χ4v) is 4.31. The number of likely N-dealkylation sites (tertiary alicyclic amines) is 1. The molecule has 0 radical (unpaired) electrons. The van der Waals surface area contributed by atoms with Crippen LogP contribution in [-0.2, 0) is 6.54 Å². The van der Waals surface area contributed by atoms with Crippen LogP contribution in [0.1, 0.15) is 30.4 Å². The number of nitrogens with one attached hydrogen (secondary N) is 1. The lowest BCUT2D eigenvalue weighted by molar-refractivity contribution is 0.312. The molecule has 2 aliphatic rings. The van der Waals surface area contributed by atoms with Crippen molar-refractivity contribution in [3.05, 3.63) is 59.8 Å². The Morgan fingerprint density at radius 1 is 1.10 bits per heavy atom. The molecule has 160 valence electrons. The first-order chi connectivity index (χ1) is 14.7. The molecule has 1 atom stereocenters. The van der Waals surface area contributed by atoms with Crippen LogP contribution < -0.4 is 10.2 Å². The minimum absolute atomic E-state index is 0.583. The molecule has 0 aliphatic carbocycles. The van der Waals surface area contributed by atoms with E-state index >= 15 is 0 Å². The van der Waals surface area contributed by atoms with Crippen LogP contribution >= 0.6 is 0 Å². The van der Waals surface area contributed by atoms with E-state index in [9.17, 15) is 0 Å². The summed E-state index contributed by atoms with van der Waals surface area (Å²) in [6.45, 7) is 10.0. The van der Waals surface area contributed by atoms with Crippen molar-refractivity contribution in [3.8, 4) is 0 Å². The van der Waals surface area contributed by atoms with E-state index in [1.165, 1.54) is 17.5 Å². The molecule has 1 aromatic heterocycles. The van der Waals surface area contributed by atoms with Gasteiger partial charge in [0.15, 0.2) is 5.96 Å². The van der Waals surface area contributed by atoms with Gasteiger partial charge in [0.1, 0.15) is 5.82 Å². The van der Waals surface area contributed by atoms with Gasteiger partial charge in [-0.2, -0.15) is 0 Å². The third kappa shape index (κ3) is 5.11. The number of rotatable bonds is 5. The number of pyridine rings is 1. The lowest BCUT2D eigenvalue weighted by Crippen LogP contribution is -2.44. The Labute approximate surface area is 180 Å². The lowest BCUT2D eigenvalue weighted by atomic mass is 9.99. The highest BCUT2D eigenvalue weighted by molar-refractivity contribution is 5.80. The zero-order valence-corrected chi connectivity index (χ0v) is 18.3. The van der Waals surface area contributed by atoms with Gasteiger partial charge >= 0.3 is 0 Å². The van der Waals surface area contributed by atoms with Crippen LogP contribution in [0.25, 0.3) is 0 Å². The summed E-state index contributed by atoms with van der Waals surface area (Å²) < 4.78 is 0. The number of benzene rings is 1. The van der Waals surface area contributed by atoms with Crippen molar-refractivity contribution < 1.29 is 0 Å². The molecule has 30 heavy (non-hydrogen) atoms. The largest absolute Gasteiger partial charge is 0.357 e. The third-order valence-corrected chi connectivity index (χ3v) is 6.14. The maximum Gasteiger partial charge on any atom is 0.194 e. The molecule has 6 nitrogen and oxygen atoms in total. The Hall–Kier alpha value is -2.60. The summed E-state index contributed by atoms with van der Waals surface area (Å²) in [6.07, 6.45) is 3.10. The molecular formula is C24H34N6. The van der Waals surface area contributed by atoms with Gasteiger partial charge in [-0.25, -0.2) is 9.98 Å². The van der Waals surface area contributed by atoms with Gasteiger partial charge in [0.25, 0.3) is 0 Å². The number of hydrogen-bond donors (Lipinski definition) is 1. The van der Waals surface area contributed by atoms with Crippen LogP contribution in [-0.4, -0.2) is 73.6 Å². The van der Waals surface area contributed by atoms with Gasteiger partial charge in [0.05, 0.1) is 6.54 Å². The summed E-state index contributed by atoms with van der Waals surface area (Å²) in [7, 11) is 2.18. The molecule has 2 aromatic rings. The van der Waals surface area contributed by atoms with E-state index in [-0.39, 0.29) is 0 Å². The van der Waals surface area contributed by atoms with Crippen molar-refractivity contribution in [1.82, 2.24) is 20.1 Å². The second-order valence-electron chi connectivity index (χ2n) is 8.33. The summed E-state index contributed by atoms with van der Waals surface area (Å²) in [5.74, 6) is 2.68. The second-order valence-corrected chi connectivity index (χ2v) is 8.33. The van der Waals surface area contributed by atoms with Gasteiger partial charge in [0.2, 0.25) is 0 Å². The highest BCUT2D eigenvalue weighted by atomic mass is 15.3. The van der Waals surface area contributed by atoms with Gasteiger partial charge < -0.3 is 20.0 Å². The number of guanidine groups is 1. The molecule has 1 unspecified atom stereocenters. The monoisotopic (exact) mass is 406 g/mol. The zero-order valence-electron chi connectivity index (χ0n) is 18.3. The van der Waals surface area contributed by atoms with Crippen LogP contribution in [0, 0.1) is 0 Å². The lowest BCUT2D eigenvalue weighted by Gasteiger charge is -2.33. The van der Waals surface area contributed by atoms with E-state index in [4.69, 9.17) is 4.99 Å². The van der Waals surface area contributed by atoms with E-state index in [0.29, 0.717) is 12.5 Å². The standard InChI is InChI=1S/C24H34N6/c1-3-25-24(30-12-10-22(19-30)21-7-5-4-6-8-21)27-18-20-9-11-26-23(17-20)29-15-13-28(2)14-16-29/h4-9,11,17,22H,3,10,12-16,18-19H2,1-2H3,(H,25,27). The summed E-state index contributed by atoms with van der Waals surface area (Å²) in [5, 5.41) is 3.49. The van der Waals surface area contributed by atoms with Gasteiger partial charge in [-0.1, -0.05) is 30.3 Å². The van der Waals surface area contributed by atoms with Crippen LogP contribution in [0.15, 0.2) is 53.7 Å². The van der Waals surface area contributed by atoms with Gasteiger partial charge in [-0.3, -0.25) is 0 Å². The SMILES string of the molecule is CCNC(=NCc1ccnc(N2CCN(C)CC2)c1)N1CCC(c2ccccc2)C1. The maximum absolute atomic E-state index is 4.97. The topological polar surface area (TPSA) is 47.0 Å². The van der Waals surface area contributed by atoms with E-state index in [0.717, 1.165) is 57.6 Å². The molecule has 2 fully saturated rings. The fourth-order valence-electron chi connectivity index (χ4n) is 4.31. The molecule has 0 saturated carbocycles. The van der Waals surface area contributed by atoms with Crippen molar-refractivity contribution in [2.75, 3.05) is 57.8 Å². The van der Waals surface area contributed by atoms with Crippen molar-refractivity contribution in [3.63, 3.8) is 0 Å². The summed E-state index contributed by atoms with van der Waals surface area (Å²) in [5.41, 5.74) is 2.65. The molecule has 0 amide bonds.